The van der Waals surface area contributed by atoms with Crippen LogP contribution in [0, 0.1) is 0 Å². The van der Waals surface area contributed by atoms with Crippen molar-refractivity contribution in [3.05, 3.63) is 60.2 Å². The van der Waals surface area contributed by atoms with Crippen molar-refractivity contribution in [1.82, 2.24) is 0 Å². The summed E-state index contributed by atoms with van der Waals surface area (Å²) < 4.78 is 5.87. The zero-order chi connectivity index (χ0) is 11.2. The molecule has 0 fully saturated rings. The Balaban J connectivity index is 2.21. The van der Waals surface area contributed by atoms with Gasteiger partial charge in [-0.15, -0.1) is 0 Å². The Bertz CT molecular complexity index is 445. The van der Waals surface area contributed by atoms with Crippen LogP contribution in [0.1, 0.15) is 5.56 Å². The topological polar surface area (TPSA) is 9.23 Å². The van der Waals surface area contributed by atoms with E-state index in [4.69, 9.17) is 4.74 Å². The molecular weight excluding hydrogens is 317 g/mol. The zero-order valence-corrected chi connectivity index (χ0v) is 13.4. The molecule has 16 heavy (non-hydrogen) atoms. The maximum absolute atomic E-state index is 5.87. The van der Waals surface area contributed by atoms with E-state index in [0.717, 1.165) is 16.5 Å². The molecule has 0 saturated heterocycles. The molecule has 0 aliphatic heterocycles. The predicted molar refractivity (Wildman–Crippen MR) is 65.6 cm³/mol. The van der Waals surface area contributed by atoms with Gasteiger partial charge >= 0.3 is 110 Å². The van der Waals surface area contributed by atoms with Crippen molar-refractivity contribution < 1.29 is 19.9 Å². The standard InChI is InChI=1S/C13H11O.BrH.Zn/c1-11-7-5-6-10-13(11)14-12-8-3-2-4-9-12;;/h2-10H,1H2;1H;/q;;+1/p-1. The molecule has 0 aliphatic rings. The third-order valence-corrected chi connectivity index (χ3v) is 5.89. The van der Waals surface area contributed by atoms with E-state index in [-0.39, 0.29) is 0 Å². The molecule has 0 amide bonds. The second kappa shape index (κ2) is 6.17. The van der Waals surface area contributed by atoms with Gasteiger partial charge in [0.05, 0.1) is 0 Å². The summed E-state index contributed by atoms with van der Waals surface area (Å²) in [6.07, 6.45) is 0. The van der Waals surface area contributed by atoms with E-state index in [1.807, 2.05) is 42.5 Å². The summed E-state index contributed by atoms with van der Waals surface area (Å²) in [4.78, 5) is 0. The van der Waals surface area contributed by atoms with Crippen molar-refractivity contribution in [2.24, 2.45) is 0 Å². The molecule has 0 N–H and O–H groups in total. The number of para-hydroxylation sites is 2. The molecular formula is C13H11BrOZn. The molecule has 0 heterocycles. The third-order valence-electron chi connectivity index (χ3n) is 2.31. The van der Waals surface area contributed by atoms with Crippen LogP contribution >= 0.6 is 13.6 Å². The molecule has 3 heteroatoms. The Kier molecular flexibility index (Phi) is 4.56. The molecule has 2 aromatic rings. The molecule has 2 rings (SSSR count). The molecule has 2 aromatic carbocycles. The summed E-state index contributed by atoms with van der Waals surface area (Å²) in [7, 11) is 0. The summed E-state index contributed by atoms with van der Waals surface area (Å²) in [6.45, 7) is 0. The molecule has 0 spiro atoms. The number of rotatable bonds is 4. The quantitative estimate of drug-likeness (QED) is 0.757. The van der Waals surface area contributed by atoms with E-state index < -0.39 is 15.2 Å². The summed E-state index contributed by atoms with van der Waals surface area (Å²) in [5, 5.41) is 1.16. The van der Waals surface area contributed by atoms with Crippen LogP contribution in [0.3, 0.4) is 0 Å². The van der Waals surface area contributed by atoms with E-state index in [2.05, 4.69) is 25.8 Å². The second-order valence-corrected chi connectivity index (χ2v) is 9.42. The average molecular weight is 329 g/mol. The molecule has 0 aliphatic carbocycles. The van der Waals surface area contributed by atoms with Crippen molar-refractivity contribution in [3.8, 4) is 11.5 Å². The second-order valence-electron chi connectivity index (χ2n) is 3.46. The zero-order valence-electron chi connectivity index (χ0n) is 8.90. The van der Waals surface area contributed by atoms with Gasteiger partial charge < -0.3 is 0 Å². The first-order valence-electron chi connectivity index (χ1n) is 5.27. The summed E-state index contributed by atoms with van der Waals surface area (Å²) in [6, 6.07) is 18.2. The van der Waals surface area contributed by atoms with E-state index in [0.29, 0.717) is 0 Å². The van der Waals surface area contributed by atoms with Crippen LogP contribution in [0.4, 0.5) is 0 Å². The van der Waals surface area contributed by atoms with E-state index >= 15 is 0 Å². The number of hydrogen-bond acceptors (Lipinski definition) is 1. The molecule has 0 radical (unpaired) electrons. The Labute approximate surface area is 110 Å². The van der Waals surface area contributed by atoms with Gasteiger partial charge in [-0.2, -0.15) is 0 Å². The minimum absolute atomic E-state index is 0.550. The first-order valence-corrected chi connectivity index (χ1v) is 14.3. The summed E-state index contributed by atoms with van der Waals surface area (Å²) >= 11 is 3.09. The first kappa shape index (κ1) is 11.8. The maximum atomic E-state index is 5.87. The normalized spacial score (nSPS) is 9.56. The van der Waals surface area contributed by atoms with Crippen molar-refractivity contribution in [1.29, 1.82) is 0 Å². The number of benzene rings is 2. The number of halogens is 1. The molecule has 0 unspecified atom stereocenters. The van der Waals surface area contributed by atoms with Gasteiger partial charge in [0, 0.05) is 0 Å². The monoisotopic (exact) mass is 326 g/mol. The van der Waals surface area contributed by atoms with Crippen molar-refractivity contribution in [2.45, 2.75) is 5.02 Å². The van der Waals surface area contributed by atoms with Gasteiger partial charge in [0.15, 0.2) is 0 Å². The van der Waals surface area contributed by atoms with Gasteiger partial charge in [0.25, 0.3) is 0 Å². The first-order chi connectivity index (χ1) is 7.90. The van der Waals surface area contributed by atoms with Crippen LogP contribution in [0.5, 0.6) is 11.5 Å². The summed E-state index contributed by atoms with van der Waals surface area (Å²) in [5.74, 6) is 1.88. The minimum atomic E-state index is -0.550. The fourth-order valence-corrected chi connectivity index (χ4v) is 5.04. The number of hydrogen-bond donors (Lipinski definition) is 0. The molecule has 0 atom stereocenters. The molecule has 0 saturated carbocycles. The van der Waals surface area contributed by atoms with Crippen molar-refractivity contribution >= 4 is 13.6 Å². The van der Waals surface area contributed by atoms with Gasteiger partial charge in [-0.05, 0) is 0 Å². The van der Waals surface area contributed by atoms with Gasteiger partial charge in [0.1, 0.15) is 0 Å². The van der Waals surface area contributed by atoms with Gasteiger partial charge in [0.2, 0.25) is 0 Å². The molecule has 0 aromatic heterocycles. The molecule has 0 bridgehead atoms. The molecule has 1 nitrogen and oxygen atoms in total. The SMILES string of the molecule is [Br][Zn][CH2]c1ccccc1Oc1ccccc1. The van der Waals surface area contributed by atoms with Crippen molar-refractivity contribution in [2.75, 3.05) is 0 Å². The van der Waals surface area contributed by atoms with Crippen LogP contribution < -0.4 is 4.74 Å². The molecule has 78 valence electrons. The fourth-order valence-electron chi connectivity index (χ4n) is 1.53. The van der Waals surface area contributed by atoms with E-state index in [1.54, 1.807) is 0 Å². The van der Waals surface area contributed by atoms with Crippen LogP contribution in [0.15, 0.2) is 54.6 Å². The van der Waals surface area contributed by atoms with Crippen molar-refractivity contribution in [3.63, 3.8) is 0 Å². The van der Waals surface area contributed by atoms with Gasteiger partial charge in [-0.3, -0.25) is 0 Å². The van der Waals surface area contributed by atoms with Gasteiger partial charge in [-0.1, -0.05) is 0 Å². The van der Waals surface area contributed by atoms with E-state index in [1.165, 1.54) is 5.56 Å². The van der Waals surface area contributed by atoms with Gasteiger partial charge in [-0.25, -0.2) is 0 Å². The Hall–Kier alpha value is -0.657. The number of ether oxygens (including phenoxy) is 1. The Morgan fingerprint density at radius 1 is 0.938 bits per heavy atom. The van der Waals surface area contributed by atoms with Crippen LogP contribution in [-0.2, 0) is 20.2 Å². The Morgan fingerprint density at radius 2 is 1.62 bits per heavy atom. The van der Waals surface area contributed by atoms with Crippen LogP contribution in [0.2, 0.25) is 0 Å². The predicted octanol–water partition coefficient (Wildman–Crippen LogP) is 4.37. The Morgan fingerprint density at radius 3 is 2.38 bits per heavy atom. The third kappa shape index (κ3) is 3.17. The average Bonchev–Trinajstić information content (AvgIpc) is 2.33. The summed E-state index contributed by atoms with van der Waals surface area (Å²) in [5.41, 5.74) is 1.31. The van der Waals surface area contributed by atoms with Crippen LogP contribution in [-0.4, -0.2) is 0 Å². The van der Waals surface area contributed by atoms with E-state index in [9.17, 15) is 0 Å². The fraction of sp³-hybridized carbons (Fsp3) is 0.0769. The van der Waals surface area contributed by atoms with Crippen LogP contribution in [0.25, 0.3) is 0 Å².